The van der Waals surface area contributed by atoms with Gasteiger partial charge in [-0.3, -0.25) is 4.90 Å². The van der Waals surface area contributed by atoms with E-state index in [1.54, 1.807) is 23.0 Å². The highest BCUT2D eigenvalue weighted by atomic mass is 19.1. The van der Waals surface area contributed by atoms with E-state index >= 15 is 0 Å². The lowest BCUT2D eigenvalue weighted by atomic mass is 10.0. The van der Waals surface area contributed by atoms with Gasteiger partial charge in [0.2, 0.25) is 0 Å². The predicted molar refractivity (Wildman–Crippen MR) is 93.1 cm³/mol. The van der Waals surface area contributed by atoms with Crippen LogP contribution in [0.25, 0.3) is 17.5 Å². The quantitative estimate of drug-likeness (QED) is 0.729. The molecule has 1 aliphatic heterocycles. The molecule has 0 bridgehead atoms. The molecule has 6 heteroatoms. The van der Waals surface area contributed by atoms with Gasteiger partial charge in [-0.25, -0.2) is 9.07 Å². The Morgan fingerprint density at radius 1 is 1.36 bits per heavy atom. The average Bonchev–Trinajstić information content (AvgIpc) is 3.19. The number of fused-ring (bicyclic) bond motifs is 1. The summed E-state index contributed by atoms with van der Waals surface area (Å²) >= 11 is 0. The van der Waals surface area contributed by atoms with Crippen LogP contribution in [0.3, 0.4) is 0 Å². The van der Waals surface area contributed by atoms with Crippen molar-refractivity contribution in [2.24, 2.45) is 0 Å². The molecule has 1 aromatic carbocycles. The van der Waals surface area contributed by atoms with Gasteiger partial charge in [-0.2, -0.15) is 5.10 Å². The van der Waals surface area contributed by atoms with Crippen LogP contribution < -0.4 is 0 Å². The number of hydrogen-bond acceptors (Lipinski definition) is 4. The molecule has 0 amide bonds. The second-order valence-corrected chi connectivity index (χ2v) is 6.26. The monoisotopic (exact) mass is 338 g/mol. The Kier molecular flexibility index (Phi) is 3.97. The van der Waals surface area contributed by atoms with Crippen molar-refractivity contribution in [1.82, 2.24) is 19.8 Å². The molecule has 0 radical (unpaired) electrons. The van der Waals surface area contributed by atoms with Crippen molar-refractivity contribution >= 4 is 6.20 Å². The average molecular weight is 338 g/mol. The zero-order valence-corrected chi connectivity index (χ0v) is 14.1. The van der Waals surface area contributed by atoms with Crippen LogP contribution in [0, 0.1) is 12.7 Å². The minimum absolute atomic E-state index is 0.279. The molecule has 3 heterocycles. The molecule has 0 saturated heterocycles. The summed E-state index contributed by atoms with van der Waals surface area (Å²) in [7, 11) is 0. The van der Waals surface area contributed by atoms with Crippen LogP contribution in [0.2, 0.25) is 0 Å². The van der Waals surface area contributed by atoms with E-state index in [-0.39, 0.29) is 5.82 Å². The van der Waals surface area contributed by atoms with Crippen molar-refractivity contribution in [3.63, 3.8) is 0 Å². The summed E-state index contributed by atoms with van der Waals surface area (Å²) in [6.45, 7) is 8.12. The minimum Gasteiger partial charge on any atom is -0.360 e. The van der Waals surface area contributed by atoms with E-state index in [1.165, 1.54) is 6.07 Å². The number of halogens is 1. The maximum Gasteiger partial charge on any atom is 0.143 e. The van der Waals surface area contributed by atoms with Gasteiger partial charge in [0.25, 0.3) is 0 Å². The molecule has 3 aromatic rings. The van der Waals surface area contributed by atoms with E-state index in [9.17, 15) is 4.39 Å². The normalized spacial score (nSPS) is 14.5. The molecule has 4 rings (SSSR count). The van der Waals surface area contributed by atoms with E-state index in [1.807, 2.05) is 19.2 Å². The van der Waals surface area contributed by atoms with Crippen molar-refractivity contribution < 1.29 is 8.91 Å². The smallest absolute Gasteiger partial charge is 0.143 e. The molecule has 0 saturated carbocycles. The predicted octanol–water partition coefficient (Wildman–Crippen LogP) is 3.64. The standard InChI is InChI=1S/C19H19FN4O/c1-3-24-13(2)14(10-21-24)11-23-9-8-18-16(12-23)19(22-25-18)15-6-4-5-7-17(15)20/h3-7,10H,1,8-9,11-12H2,2H3. The summed E-state index contributed by atoms with van der Waals surface area (Å²) in [5.74, 6) is 0.576. The third-order valence-electron chi connectivity index (χ3n) is 4.75. The van der Waals surface area contributed by atoms with E-state index in [4.69, 9.17) is 4.52 Å². The van der Waals surface area contributed by atoms with Gasteiger partial charge in [-0.05, 0) is 19.1 Å². The van der Waals surface area contributed by atoms with Gasteiger partial charge in [0.1, 0.15) is 17.3 Å². The highest BCUT2D eigenvalue weighted by molar-refractivity contribution is 5.64. The molecule has 0 unspecified atom stereocenters. The molecule has 0 aliphatic carbocycles. The van der Waals surface area contributed by atoms with E-state index in [0.29, 0.717) is 17.8 Å². The number of benzene rings is 1. The van der Waals surface area contributed by atoms with Gasteiger partial charge in [-0.15, -0.1) is 0 Å². The van der Waals surface area contributed by atoms with Gasteiger partial charge in [0.05, 0.1) is 6.20 Å². The summed E-state index contributed by atoms with van der Waals surface area (Å²) in [5.41, 5.74) is 4.32. The first-order chi connectivity index (χ1) is 12.2. The van der Waals surface area contributed by atoms with Gasteiger partial charge >= 0.3 is 0 Å². The first-order valence-electron chi connectivity index (χ1n) is 8.27. The highest BCUT2D eigenvalue weighted by Crippen LogP contribution is 2.32. The van der Waals surface area contributed by atoms with E-state index in [2.05, 4.69) is 21.7 Å². The fourth-order valence-electron chi connectivity index (χ4n) is 3.30. The summed E-state index contributed by atoms with van der Waals surface area (Å²) in [5, 5.41) is 8.44. The Bertz CT molecular complexity index is 927. The molecule has 0 spiro atoms. The third kappa shape index (κ3) is 2.78. The third-order valence-corrected chi connectivity index (χ3v) is 4.75. The zero-order chi connectivity index (χ0) is 17.4. The molecular formula is C19H19FN4O. The molecule has 2 aromatic heterocycles. The summed E-state index contributed by atoms with van der Waals surface area (Å²) < 4.78 is 21.4. The topological polar surface area (TPSA) is 47.1 Å². The number of aromatic nitrogens is 3. The Balaban J connectivity index is 1.60. The first kappa shape index (κ1) is 15.8. The van der Waals surface area contributed by atoms with Crippen LogP contribution in [-0.4, -0.2) is 26.4 Å². The maximum absolute atomic E-state index is 14.1. The van der Waals surface area contributed by atoms with Crippen LogP contribution in [0.4, 0.5) is 4.39 Å². The van der Waals surface area contributed by atoms with Crippen LogP contribution in [0.15, 0.2) is 41.6 Å². The van der Waals surface area contributed by atoms with Crippen LogP contribution in [-0.2, 0) is 19.5 Å². The van der Waals surface area contributed by atoms with Gasteiger partial charge in [-0.1, -0.05) is 23.9 Å². The molecular weight excluding hydrogens is 319 g/mol. The van der Waals surface area contributed by atoms with Gasteiger partial charge in [0.15, 0.2) is 0 Å². The van der Waals surface area contributed by atoms with Crippen molar-refractivity contribution in [3.05, 3.63) is 65.4 Å². The van der Waals surface area contributed by atoms with Crippen LogP contribution in [0.1, 0.15) is 22.6 Å². The maximum atomic E-state index is 14.1. The lowest BCUT2D eigenvalue weighted by molar-refractivity contribution is 0.228. The number of rotatable bonds is 4. The molecule has 0 atom stereocenters. The second-order valence-electron chi connectivity index (χ2n) is 6.26. The number of nitrogens with zero attached hydrogens (tertiary/aromatic N) is 4. The van der Waals surface area contributed by atoms with Crippen LogP contribution >= 0.6 is 0 Å². The van der Waals surface area contributed by atoms with Gasteiger partial charge < -0.3 is 4.52 Å². The fourth-order valence-corrected chi connectivity index (χ4v) is 3.30. The largest absolute Gasteiger partial charge is 0.360 e. The Morgan fingerprint density at radius 2 is 2.20 bits per heavy atom. The number of hydrogen-bond donors (Lipinski definition) is 0. The Morgan fingerprint density at radius 3 is 2.96 bits per heavy atom. The lowest BCUT2D eigenvalue weighted by Gasteiger charge is -2.25. The Hall–Kier alpha value is -2.73. The SMILES string of the molecule is C=Cn1ncc(CN2CCc3onc(-c4ccccc4F)c3C2)c1C. The fraction of sp³-hybridized carbons (Fsp3) is 0.263. The summed E-state index contributed by atoms with van der Waals surface area (Å²) in [6.07, 6.45) is 4.34. The van der Waals surface area contributed by atoms with Crippen molar-refractivity contribution in [1.29, 1.82) is 0 Å². The molecule has 128 valence electrons. The molecule has 1 aliphatic rings. The van der Waals surface area contributed by atoms with Crippen molar-refractivity contribution in [3.8, 4) is 11.3 Å². The van der Waals surface area contributed by atoms with Crippen molar-refractivity contribution in [2.45, 2.75) is 26.4 Å². The van der Waals surface area contributed by atoms with E-state index < -0.39 is 0 Å². The molecule has 0 fully saturated rings. The highest BCUT2D eigenvalue weighted by Gasteiger charge is 2.26. The zero-order valence-electron chi connectivity index (χ0n) is 14.1. The van der Waals surface area contributed by atoms with Crippen molar-refractivity contribution in [2.75, 3.05) is 6.54 Å². The summed E-state index contributed by atoms with van der Waals surface area (Å²) in [4.78, 5) is 2.31. The molecule has 0 N–H and O–H groups in total. The second kappa shape index (κ2) is 6.29. The van der Waals surface area contributed by atoms with Gasteiger partial charge in [0, 0.05) is 54.6 Å². The van der Waals surface area contributed by atoms with Crippen LogP contribution in [0.5, 0.6) is 0 Å². The minimum atomic E-state index is -0.279. The van der Waals surface area contributed by atoms with E-state index in [0.717, 1.165) is 42.1 Å². The molecule has 25 heavy (non-hydrogen) atoms. The lowest BCUT2D eigenvalue weighted by Crippen LogP contribution is -2.29. The summed E-state index contributed by atoms with van der Waals surface area (Å²) in [6, 6.07) is 6.68. The molecule has 5 nitrogen and oxygen atoms in total. The first-order valence-corrected chi connectivity index (χ1v) is 8.27. The Labute approximate surface area is 145 Å².